The van der Waals surface area contributed by atoms with E-state index in [4.69, 9.17) is 0 Å². The standard InChI is InChI=1S/C13H20N2O/c1-5-14-13(16)11(4)15-12-8-6-7-9(2)10(12)3/h6-8,11,15H,5H2,1-4H3,(H,14,16). The first-order chi connectivity index (χ1) is 7.56. The lowest BCUT2D eigenvalue weighted by Gasteiger charge is -2.17. The second kappa shape index (κ2) is 5.54. The molecule has 0 spiro atoms. The minimum atomic E-state index is -0.208. The molecule has 1 rings (SSSR count). The number of carbonyl (C=O) groups is 1. The zero-order chi connectivity index (χ0) is 12.1. The third-order valence-corrected chi connectivity index (χ3v) is 2.72. The van der Waals surface area contributed by atoms with Gasteiger partial charge in [0.25, 0.3) is 0 Å². The molecular weight excluding hydrogens is 200 g/mol. The Morgan fingerprint density at radius 3 is 2.69 bits per heavy atom. The van der Waals surface area contributed by atoms with Gasteiger partial charge < -0.3 is 10.6 Å². The Kier molecular flexibility index (Phi) is 4.35. The molecule has 0 aromatic heterocycles. The van der Waals surface area contributed by atoms with Crippen LogP contribution in [-0.4, -0.2) is 18.5 Å². The summed E-state index contributed by atoms with van der Waals surface area (Å²) in [6, 6.07) is 5.85. The number of nitrogens with one attached hydrogen (secondary N) is 2. The van der Waals surface area contributed by atoms with Crippen molar-refractivity contribution in [3.63, 3.8) is 0 Å². The average Bonchev–Trinajstić information content (AvgIpc) is 2.25. The van der Waals surface area contributed by atoms with Crippen LogP contribution in [0.4, 0.5) is 5.69 Å². The van der Waals surface area contributed by atoms with Crippen molar-refractivity contribution in [3.8, 4) is 0 Å². The van der Waals surface area contributed by atoms with Crippen LogP contribution in [0.25, 0.3) is 0 Å². The quantitative estimate of drug-likeness (QED) is 0.817. The molecule has 3 heteroatoms. The lowest BCUT2D eigenvalue weighted by atomic mass is 10.1. The summed E-state index contributed by atoms with van der Waals surface area (Å²) in [5, 5.41) is 6.02. The molecule has 0 aliphatic carbocycles. The van der Waals surface area contributed by atoms with Crippen LogP contribution in [-0.2, 0) is 4.79 Å². The van der Waals surface area contributed by atoms with E-state index in [0.29, 0.717) is 6.54 Å². The largest absolute Gasteiger partial charge is 0.374 e. The first-order valence-corrected chi connectivity index (χ1v) is 5.66. The van der Waals surface area contributed by atoms with Crippen molar-refractivity contribution in [2.24, 2.45) is 0 Å². The van der Waals surface area contributed by atoms with Gasteiger partial charge in [-0.25, -0.2) is 0 Å². The number of hydrogen-bond donors (Lipinski definition) is 2. The number of hydrogen-bond acceptors (Lipinski definition) is 2. The van der Waals surface area contributed by atoms with E-state index in [1.54, 1.807) is 0 Å². The van der Waals surface area contributed by atoms with Gasteiger partial charge in [-0.05, 0) is 44.9 Å². The molecule has 0 radical (unpaired) electrons. The third kappa shape index (κ3) is 2.99. The van der Waals surface area contributed by atoms with Gasteiger partial charge in [-0.15, -0.1) is 0 Å². The van der Waals surface area contributed by atoms with Crippen molar-refractivity contribution in [1.29, 1.82) is 0 Å². The van der Waals surface area contributed by atoms with Crippen LogP contribution in [0.3, 0.4) is 0 Å². The molecule has 0 aliphatic rings. The Bertz CT molecular complexity index is 374. The van der Waals surface area contributed by atoms with Gasteiger partial charge in [0.15, 0.2) is 0 Å². The summed E-state index contributed by atoms with van der Waals surface area (Å²) in [5.74, 6) is 0.0309. The Labute approximate surface area is 97.2 Å². The molecule has 3 nitrogen and oxygen atoms in total. The van der Waals surface area contributed by atoms with E-state index < -0.39 is 0 Å². The highest BCUT2D eigenvalue weighted by molar-refractivity contribution is 5.84. The van der Waals surface area contributed by atoms with E-state index in [2.05, 4.69) is 30.5 Å². The predicted octanol–water partition coefficient (Wildman–Crippen LogP) is 2.24. The van der Waals surface area contributed by atoms with E-state index >= 15 is 0 Å². The van der Waals surface area contributed by atoms with Gasteiger partial charge >= 0.3 is 0 Å². The number of anilines is 1. The Morgan fingerprint density at radius 2 is 2.06 bits per heavy atom. The molecule has 88 valence electrons. The zero-order valence-corrected chi connectivity index (χ0v) is 10.4. The molecule has 0 aliphatic heterocycles. The molecule has 1 amide bonds. The number of likely N-dealkylation sites (N-methyl/N-ethyl adjacent to an activating group) is 1. The molecule has 16 heavy (non-hydrogen) atoms. The van der Waals surface area contributed by atoms with Crippen LogP contribution >= 0.6 is 0 Å². The maximum Gasteiger partial charge on any atom is 0.242 e. The molecule has 0 saturated heterocycles. The first-order valence-electron chi connectivity index (χ1n) is 5.66. The lowest BCUT2D eigenvalue weighted by Crippen LogP contribution is -2.37. The van der Waals surface area contributed by atoms with Crippen molar-refractivity contribution < 1.29 is 4.79 Å². The number of rotatable bonds is 4. The number of carbonyl (C=O) groups excluding carboxylic acids is 1. The highest BCUT2D eigenvalue weighted by Crippen LogP contribution is 2.18. The lowest BCUT2D eigenvalue weighted by molar-refractivity contribution is -0.121. The SMILES string of the molecule is CCNC(=O)C(C)Nc1cccc(C)c1C. The van der Waals surface area contributed by atoms with Crippen molar-refractivity contribution in [2.75, 3.05) is 11.9 Å². The first kappa shape index (κ1) is 12.6. The fourth-order valence-electron chi connectivity index (χ4n) is 1.53. The van der Waals surface area contributed by atoms with Crippen LogP contribution in [0, 0.1) is 13.8 Å². The molecule has 0 heterocycles. The second-order valence-electron chi connectivity index (χ2n) is 4.01. The maximum atomic E-state index is 11.6. The molecular formula is C13H20N2O. The molecule has 1 atom stereocenters. The highest BCUT2D eigenvalue weighted by atomic mass is 16.2. The van der Waals surface area contributed by atoms with Gasteiger partial charge in [-0.2, -0.15) is 0 Å². The van der Waals surface area contributed by atoms with E-state index in [1.807, 2.05) is 26.0 Å². The summed E-state index contributed by atoms with van der Waals surface area (Å²) in [7, 11) is 0. The molecule has 1 aromatic rings. The topological polar surface area (TPSA) is 41.1 Å². The average molecular weight is 220 g/mol. The van der Waals surface area contributed by atoms with Crippen molar-refractivity contribution >= 4 is 11.6 Å². The van der Waals surface area contributed by atoms with Gasteiger partial charge in [-0.1, -0.05) is 12.1 Å². The van der Waals surface area contributed by atoms with E-state index in [-0.39, 0.29) is 11.9 Å². The van der Waals surface area contributed by atoms with E-state index in [0.717, 1.165) is 5.69 Å². The number of benzene rings is 1. The van der Waals surface area contributed by atoms with Crippen LogP contribution in [0.2, 0.25) is 0 Å². The summed E-state index contributed by atoms with van der Waals surface area (Å²) < 4.78 is 0. The van der Waals surface area contributed by atoms with Crippen molar-refractivity contribution in [2.45, 2.75) is 33.7 Å². The smallest absolute Gasteiger partial charge is 0.242 e. The summed E-state index contributed by atoms with van der Waals surface area (Å²) in [6.45, 7) is 8.58. The minimum Gasteiger partial charge on any atom is -0.374 e. The second-order valence-corrected chi connectivity index (χ2v) is 4.01. The molecule has 0 bridgehead atoms. The van der Waals surface area contributed by atoms with Crippen molar-refractivity contribution in [3.05, 3.63) is 29.3 Å². The predicted molar refractivity (Wildman–Crippen MR) is 67.7 cm³/mol. The molecule has 1 aromatic carbocycles. The van der Waals surface area contributed by atoms with Gasteiger partial charge in [-0.3, -0.25) is 4.79 Å². The van der Waals surface area contributed by atoms with Gasteiger partial charge in [0.05, 0.1) is 0 Å². The highest BCUT2D eigenvalue weighted by Gasteiger charge is 2.12. The Morgan fingerprint density at radius 1 is 1.38 bits per heavy atom. The van der Waals surface area contributed by atoms with E-state index in [1.165, 1.54) is 11.1 Å². The van der Waals surface area contributed by atoms with Crippen LogP contribution in [0.15, 0.2) is 18.2 Å². The number of amides is 1. The van der Waals surface area contributed by atoms with Gasteiger partial charge in [0, 0.05) is 12.2 Å². The van der Waals surface area contributed by atoms with Gasteiger partial charge in [0.1, 0.15) is 6.04 Å². The van der Waals surface area contributed by atoms with Crippen molar-refractivity contribution in [1.82, 2.24) is 5.32 Å². The van der Waals surface area contributed by atoms with Crippen LogP contribution in [0.1, 0.15) is 25.0 Å². The Balaban J connectivity index is 2.73. The molecule has 0 fully saturated rings. The summed E-state index contributed by atoms with van der Waals surface area (Å²) >= 11 is 0. The maximum absolute atomic E-state index is 11.6. The van der Waals surface area contributed by atoms with E-state index in [9.17, 15) is 4.79 Å². The van der Waals surface area contributed by atoms with Crippen LogP contribution in [0.5, 0.6) is 0 Å². The molecule has 2 N–H and O–H groups in total. The summed E-state index contributed by atoms with van der Waals surface area (Å²) in [5.41, 5.74) is 3.45. The monoisotopic (exact) mass is 220 g/mol. The summed E-state index contributed by atoms with van der Waals surface area (Å²) in [6.07, 6.45) is 0. The summed E-state index contributed by atoms with van der Waals surface area (Å²) in [4.78, 5) is 11.6. The molecule has 1 unspecified atom stereocenters. The fourth-order valence-corrected chi connectivity index (χ4v) is 1.53. The zero-order valence-electron chi connectivity index (χ0n) is 10.4. The van der Waals surface area contributed by atoms with Gasteiger partial charge in [0.2, 0.25) is 5.91 Å². The fraction of sp³-hybridized carbons (Fsp3) is 0.462. The Hall–Kier alpha value is -1.51. The van der Waals surface area contributed by atoms with Crippen LogP contribution < -0.4 is 10.6 Å². The molecule has 0 saturated carbocycles. The normalized spacial score (nSPS) is 12.0. The minimum absolute atomic E-state index is 0.0309. The number of aryl methyl sites for hydroxylation is 1. The third-order valence-electron chi connectivity index (χ3n) is 2.72.